The minimum absolute atomic E-state index is 0.368. The van der Waals surface area contributed by atoms with Gasteiger partial charge < -0.3 is 14.8 Å². The van der Waals surface area contributed by atoms with Gasteiger partial charge in [-0.2, -0.15) is 0 Å². The van der Waals surface area contributed by atoms with Crippen molar-refractivity contribution in [2.45, 2.75) is 32.2 Å². The number of rotatable bonds is 5. The van der Waals surface area contributed by atoms with Crippen molar-refractivity contribution < 1.29 is 23.9 Å². The minimum atomic E-state index is -1.11. The second-order valence-corrected chi connectivity index (χ2v) is 3.48. The van der Waals surface area contributed by atoms with Gasteiger partial charge in [0.15, 0.2) is 0 Å². The van der Waals surface area contributed by atoms with Crippen LogP contribution >= 0.6 is 0 Å². The van der Waals surface area contributed by atoms with E-state index in [4.69, 9.17) is 0 Å². The Hall–Kier alpha value is -1.59. The Morgan fingerprint density at radius 2 is 1.75 bits per heavy atom. The van der Waals surface area contributed by atoms with Crippen molar-refractivity contribution in [2.75, 3.05) is 14.2 Å². The summed E-state index contributed by atoms with van der Waals surface area (Å²) in [7, 11) is 2.43. The first-order valence-electron chi connectivity index (χ1n) is 4.85. The maximum Gasteiger partial charge on any atom is 0.331 e. The number of methoxy groups -OCH3 is 2. The van der Waals surface area contributed by atoms with Gasteiger partial charge in [0.05, 0.1) is 14.2 Å². The SMILES string of the molecule is CCC(C)(NC(=O)CC(=O)OC)C(=O)OC. The summed E-state index contributed by atoms with van der Waals surface area (Å²) < 4.78 is 8.91. The number of nitrogens with one attached hydrogen (secondary N) is 1. The Morgan fingerprint density at radius 1 is 1.19 bits per heavy atom. The first-order chi connectivity index (χ1) is 7.39. The number of ether oxygens (including phenoxy) is 2. The predicted molar refractivity (Wildman–Crippen MR) is 55.5 cm³/mol. The molecule has 16 heavy (non-hydrogen) atoms. The van der Waals surface area contributed by atoms with Gasteiger partial charge in [-0.05, 0) is 13.3 Å². The molecule has 0 bridgehead atoms. The third-order valence-corrected chi connectivity index (χ3v) is 2.29. The monoisotopic (exact) mass is 231 g/mol. The largest absolute Gasteiger partial charge is 0.469 e. The molecule has 0 aromatic carbocycles. The third-order valence-electron chi connectivity index (χ3n) is 2.29. The van der Waals surface area contributed by atoms with E-state index in [9.17, 15) is 14.4 Å². The van der Waals surface area contributed by atoms with Crippen LogP contribution in [0.5, 0.6) is 0 Å². The van der Waals surface area contributed by atoms with Crippen LogP contribution in [-0.2, 0) is 23.9 Å². The van der Waals surface area contributed by atoms with Gasteiger partial charge in [-0.25, -0.2) is 4.79 Å². The van der Waals surface area contributed by atoms with Crippen molar-refractivity contribution in [1.82, 2.24) is 5.32 Å². The first kappa shape index (κ1) is 14.4. The van der Waals surface area contributed by atoms with Gasteiger partial charge in [0, 0.05) is 0 Å². The highest BCUT2D eigenvalue weighted by Crippen LogP contribution is 2.11. The van der Waals surface area contributed by atoms with E-state index >= 15 is 0 Å². The molecule has 0 aliphatic heterocycles. The second kappa shape index (κ2) is 6.09. The number of carbonyl (C=O) groups excluding carboxylic acids is 3. The van der Waals surface area contributed by atoms with Gasteiger partial charge in [-0.15, -0.1) is 0 Å². The average molecular weight is 231 g/mol. The standard InChI is InChI=1S/C10H17NO5/c1-5-10(2,9(14)16-4)11-7(12)6-8(13)15-3/h5-6H2,1-4H3,(H,11,12). The molecule has 0 fully saturated rings. The van der Waals surface area contributed by atoms with Gasteiger partial charge in [0.1, 0.15) is 12.0 Å². The zero-order valence-electron chi connectivity index (χ0n) is 9.96. The molecule has 0 radical (unpaired) electrons. The molecule has 0 aliphatic carbocycles. The molecular formula is C10H17NO5. The fourth-order valence-corrected chi connectivity index (χ4v) is 1.06. The van der Waals surface area contributed by atoms with Crippen LogP contribution in [0.15, 0.2) is 0 Å². The number of carbonyl (C=O) groups is 3. The van der Waals surface area contributed by atoms with Crippen molar-refractivity contribution in [3.05, 3.63) is 0 Å². The van der Waals surface area contributed by atoms with Gasteiger partial charge in [0.2, 0.25) is 5.91 Å². The summed E-state index contributed by atoms with van der Waals surface area (Å²) in [6, 6.07) is 0. The van der Waals surface area contributed by atoms with Crippen LogP contribution in [0.3, 0.4) is 0 Å². The van der Waals surface area contributed by atoms with Crippen LogP contribution < -0.4 is 5.32 Å². The Morgan fingerprint density at radius 3 is 2.12 bits per heavy atom. The average Bonchev–Trinajstić information content (AvgIpc) is 2.27. The lowest BCUT2D eigenvalue weighted by Crippen LogP contribution is -2.52. The summed E-state index contributed by atoms with van der Waals surface area (Å²) in [4.78, 5) is 33.6. The highest BCUT2D eigenvalue weighted by atomic mass is 16.5. The third kappa shape index (κ3) is 3.88. The van der Waals surface area contributed by atoms with Gasteiger partial charge in [0.25, 0.3) is 0 Å². The molecule has 6 nitrogen and oxygen atoms in total. The molecule has 1 unspecified atom stereocenters. The summed E-state index contributed by atoms with van der Waals surface area (Å²) in [5.41, 5.74) is -1.11. The van der Waals surface area contributed by atoms with Crippen LogP contribution in [0.2, 0.25) is 0 Å². The molecule has 0 aliphatic rings. The topological polar surface area (TPSA) is 81.7 Å². The quantitative estimate of drug-likeness (QED) is 0.532. The van der Waals surface area contributed by atoms with Crippen molar-refractivity contribution in [2.24, 2.45) is 0 Å². The van der Waals surface area contributed by atoms with E-state index in [-0.39, 0.29) is 0 Å². The van der Waals surface area contributed by atoms with Gasteiger partial charge in [-0.3, -0.25) is 9.59 Å². The molecule has 0 aromatic heterocycles. The predicted octanol–water partition coefficient (Wildman–Crippen LogP) is 0.00740. The Bertz CT molecular complexity index is 289. The molecule has 0 heterocycles. The Balaban J connectivity index is 4.48. The van der Waals surface area contributed by atoms with Crippen LogP contribution in [0.1, 0.15) is 26.7 Å². The summed E-state index contributed by atoms with van der Waals surface area (Å²) in [6.07, 6.45) is -0.0460. The summed E-state index contributed by atoms with van der Waals surface area (Å²) >= 11 is 0. The molecule has 0 saturated carbocycles. The second-order valence-electron chi connectivity index (χ2n) is 3.48. The maximum absolute atomic E-state index is 11.4. The lowest BCUT2D eigenvalue weighted by atomic mass is 9.99. The van der Waals surface area contributed by atoms with Crippen molar-refractivity contribution >= 4 is 17.8 Å². The van der Waals surface area contributed by atoms with Crippen molar-refractivity contribution in [3.63, 3.8) is 0 Å². The van der Waals surface area contributed by atoms with E-state index < -0.39 is 29.8 Å². The zero-order chi connectivity index (χ0) is 12.8. The number of hydrogen-bond acceptors (Lipinski definition) is 5. The number of esters is 2. The molecule has 1 atom stereocenters. The summed E-state index contributed by atoms with van der Waals surface area (Å²) in [6.45, 7) is 3.27. The fourth-order valence-electron chi connectivity index (χ4n) is 1.06. The normalized spacial score (nSPS) is 13.5. The molecule has 1 N–H and O–H groups in total. The van der Waals surface area contributed by atoms with Crippen molar-refractivity contribution in [1.29, 1.82) is 0 Å². The minimum Gasteiger partial charge on any atom is -0.469 e. The lowest BCUT2D eigenvalue weighted by Gasteiger charge is -2.26. The Kier molecular flexibility index (Phi) is 5.49. The van der Waals surface area contributed by atoms with Crippen LogP contribution in [-0.4, -0.2) is 37.6 Å². The van der Waals surface area contributed by atoms with E-state index in [2.05, 4.69) is 14.8 Å². The molecular weight excluding hydrogens is 214 g/mol. The molecule has 1 amide bonds. The van der Waals surface area contributed by atoms with Gasteiger partial charge >= 0.3 is 11.9 Å². The van der Waals surface area contributed by atoms with E-state index in [0.717, 1.165) is 0 Å². The molecule has 0 spiro atoms. The molecule has 92 valence electrons. The summed E-state index contributed by atoms with van der Waals surface area (Å²) in [5, 5.41) is 2.44. The number of hydrogen-bond donors (Lipinski definition) is 1. The first-order valence-corrected chi connectivity index (χ1v) is 4.85. The molecule has 0 aromatic rings. The van der Waals surface area contributed by atoms with E-state index in [1.807, 2.05) is 0 Å². The van der Waals surface area contributed by atoms with E-state index in [1.165, 1.54) is 21.1 Å². The highest BCUT2D eigenvalue weighted by Gasteiger charge is 2.34. The smallest absolute Gasteiger partial charge is 0.331 e. The van der Waals surface area contributed by atoms with Crippen LogP contribution in [0, 0.1) is 0 Å². The van der Waals surface area contributed by atoms with Crippen LogP contribution in [0.4, 0.5) is 0 Å². The molecule has 6 heteroatoms. The fraction of sp³-hybridized carbons (Fsp3) is 0.700. The van der Waals surface area contributed by atoms with Crippen LogP contribution in [0.25, 0.3) is 0 Å². The zero-order valence-corrected chi connectivity index (χ0v) is 9.96. The molecule has 0 saturated heterocycles. The van der Waals surface area contributed by atoms with E-state index in [0.29, 0.717) is 6.42 Å². The lowest BCUT2D eigenvalue weighted by molar-refractivity contribution is -0.152. The van der Waals surface area contributed by atoms with E-state index in [1.54, 1.807) is 6.92 Å². The Labute approximate surface area is 94.3 Å². The van der Waals surface area contributed by atoms with Crippen molar-refractivity contribution in [3.8, 4) is 0 Å². The maximum atomic E-state index is 11.4. The highest BCUT2D eigenvalue weighted by molar-refractivity contribution is 5.97. The number of amides is 1. The molecule has 0 rings (SSSR count). The summed E-state index contributed by atoms with van der Waals surface area (Å²) in [5.74, 6) is -1.77. The van der Waals surface area contributed by atoms with Gasteiger partial charge in [-0.1, -0.05) is 6.92 Å².